The highest BCUT2D eigenvalue weighted by Gasteiger charge is 2.18. The Morgan fingerprint density at radius 3 is 2.12 bits per heavy atom. The van der Waals surface area contributed by atoms with E-state index in [1.807, 2.05) is 12.1 Å². The predicted octanol–water partition coefficient (Wildman–Crippen LogP) is 3.06. The van der Waals surface area contributed by atoms with Crippen LogP contribution < -0.4 is 9.47 Å². The van der Waals surface area contributed by atoms with Crippen molar-refractivity contribution < 1.29 is 9.47 Å². The summed E-state index contributed by atoms with van der Waals surface area (Å²) in [4.78, 5) is 2.44. The second kappa shape index (κ2) is 5.74. The lowest BCUT2D eigenvalue weighted by Gasteiger charge is -2.19. The molecule has 1 aliphatic heterocycles. The summed E-state index contributed by atoms with van der Waals surface area (Å²) < 4.78 is 11.9. The van der Waals surface area contributed by atoms with E-state index < -0.39 is 0 Å². The van der Waals surface area contributed by atoms with E-state index in [0.717, 1.165) is 28.1 Å². The van der Waals surface area contributed by atoms with Crippen molar-refractivity contribution >= 4 is 15.9 Å². The van der Waals surface area contributed by atoms with Gasteiger partial charge in [0.15, 0.2) is 0 Å². The molecule has 1 aliphatic rings. The van der Waals surface area contributed by atoms with E-state index >= 15 is 0 Å². The van der Waals surface area contributed by atoms with Crippen molar-refractivity contribution in [2.24, 2.45) is 0 Å². The highest BCUT2D eigenvalue weighted by Crippen LogP contribution is 2.34. The van der Waals surface area contributed by atoms with Crippen LogP contribution in [0.5, 0.6) is 11.5 Å². The maximum absolute atomic E-state index is 5.44. The number of rotatable bonds is 4. The Bertz CT molecular complexity index is 364. The van der Waals surface area contributed by atoms with E-state index in [9.17, 15) is 0 Å². The second-order valence-corrected chi connectivity index (χ2v) is 5.19. The largest absolute Gasteiger partial charge is 0.496 e. The van der Waals surface area contributed by atoms with Gasteiger partial charge in [0, 0.05) is 11.0 Å². The van der Waals surface area contributed by atoms with Crippen molar-refractivity contribution in [3.63, 3.8) is 0 Å². The van der Waals surface area contributed by atoms with Crippen molar-refractivity contribution in [1.29, 1.82) is 0 Å². The van der Waals surface area contributed by atoms with Crippen LogP contribution in [0.25, 0.3) is 0 Å². The molecule has 0 aliphatic carbocycles. The van der Waals surface area contributed by atoms with Gasteiger partial charge in [-0.3, -0.25) is 4.90 Å². The fraction of sp³-hybridized carbons (Fsp3) is 0.538. The first-order valence-electron chi connectivity index (χ1n) is 5.87. The Labute approximate surface area is 111 Å². The Kier molecular flexibility index (Phi) is 4.29. The molecule has 0 amide bonds. The van der Waals surface area contributed by atoms with Gasteiger partial charge in [0.05, 0.1) is 19.8 Å². The van der Waals surface area contributed by atoms with Crippen molar-refractivity contribution in [3.05, 3.63) is 22.2 Å². The topological polar surface area (TPSA) is 21.7 Å². The van der Waals surface area contributed by atoms with E-state index in [1.165, 1.54) is 25.9 Å². The summed E-state index contributed by atoms with van der Waals surface area (Å²) >= 11 is 3.47. The van der Waals surface area contributed by atoms with Gasteiger partial charge in [-0.2, -0.15) is 0 Å². The summed E-state index contributed by atoms with van der Waals surface area (Å²) in [6.45, 7) is 3.24. The number of benzene rings is 1. The molecule has 0 N–H and O–H groups in total. The molecule has 0 spiro atoms. The lowest BCUT2D eigenvalue weighted by atomic mass is 10.1. The van der Waals surface area contributed by atoms with Gasteiger partial charge in [-0.15, -0.1) is 0 Å². The predicted molar refractivity (Wildman–Crippen MR) is 71.8 cm³/mol. The van der Waals surface area contributed by atoms with Crippen LogP contribution in [0.4, 0.5) is 0 Å². The minimum atomic E-state index is 0.892. The minimum absolute atomic E-state index is 0.892. The van der Waals surface area contributed by atoms with E-state index in [1.54, 1.807) is 14.2 Å². The van der Waals surface area contributed by atoms with Gasteiger partial charge in [0.25, 0.3) is 0 Å². The zero-order valence-corrected chi connectivity index (χ0v) is 11.9. The average molecular weight is 300 g/mol. The van der Waals surface area contributed by atoms with Crippen LogP contribution in [0.3, 0.4) is 0 Å². The van der Waals surface area contributed by atoms with Crippen molar-refractivity contribution in [1.82, 2.24) is 4.90 Å². The standard InChI is InChI=1S/C13H18BrNO2/c1-16-12-7-10(14)8-13(17-2)11(12)9-15-5-3-4-6-15/h7-8H,3-6,9H2,1-2H3. The molecule has 94 valence electrons. The fourth-order valence-corrected chi connectivity index (χ4v) is 2.69. The highest BCUT2D eigenvalue weighted by molar-refractivity contribution is 9.10. The van der Waals surface area contributed by atoms with Gasteiger partial charge >= 0.3 is 0 Å². The SMILES string of the molecule is COc1cc(Br)cc(OC)c1CN1CCCC1. The second-order valence-electron chi connectivity index (χ2n) is 4.27. The third-order valence-electron chi connectivity index (χ3n) is 3.15. The Hall–Kier alpha value is -0.740. The maximum Gasteiger partial charge on any atom is 0.128 e. The van der Waals surface area contributed by atoms with Crippen molar-refractivity contribution in [3.8, 4) is 11.5 Å². The number of methoxy groups -OCH3 is 2. The van der Waals surface area contributed by atoms with Gasteiger partial charge in [-0.1, -0.05) is 15.9 Å². The number of likely N-dealkylation sites (tertiary alicyclic amines) is 1. The molecule has 0 bridgehead atoms. The van der Waals surface area contributed by atoms with Gasteiger partial charge in [0.2, 0.25) is 0 Å². The molecular weight excluding hydrogens is 282 g/mol. The zero-order valence-electron chi connectivity index (χ0n) is 10.3. The molecule has 0 saturated carbocycles. The van der Waals surface area contributed by atoms with Crippen LogP contribution in [-0.2, 0) is 6.54 Å². The molecule has 0 unspecified atom stereocenters. The van der Waals surface area contributed by atoms with Crippen LogP contribution in [-0.4, -0.2) is 32.2 Å². The molecule has 1 fully saturated rings. The van der Waals surface area contributed by atoms with Gasteiger partial charge in [-0.05, 0) is 38.1 Å². The first-order chi connectivity index (χ1) is 8.24. The molecule has 1 saturated heterocycles. The molecule has 0 aromatic heterocycles. The first-order valence-corrected chi connectivity index (χ1v) is 6.66. The zero-order chi connectivity index (χ0) is 12.3. The normalized spacial score (nSPS) is 16.2. The number of hydrogen-bond acceptors (Lipinski definition) is 3. The number of hydrogen-bond donors (Lipinski definition) is 0. The summed E-state index contributed by atoms with van der Waals surface area (Å²) in [6.07, 6.45) is 2.59. The van der Waals surface area contributed by atoms with E-state index in [0.29, 0.717) is 0 Å². The lowest BCUT2D eigenvalue weighted by molar-refractivity contribution is 0.309. The fourth-order valence-electron chi connectivity index (χ4n) is 2.27. The van der Waals surface area contributed by atoms with E-state index in [2.05, 4.69) is 20.8 Å². The quantitative estimate of drug-likeness (QED) is 0.853. The maximum atomic E-state index is 5.44. The summed E-state index contributed by atoms with van der Waals surface area (Å²) in [5.41, 5.74) is 1.14. The molecule has 0 atom stereocenters. The minimum Gasteiger partial charge on any atom is -0.496 e. The lowest BCUT2D eigenvalue weighted by Crippen LogP contribution is -2.19. The number of halogens is 1. The van der Waals surface area contributed by atoms with Crippen LogP contribution in [0.15, 0.2) is 16.6 Å². The third kappa shape index (κ3) is 2.93. The van der Waals surface area contributed by atoms with Gasteiger partial charge < -0.3 is 9.47 Å². The number of nitrogens with zero attached hydrogens (tertiary/aromatic N) is 1. The molecule has 4 heteroatoms. The smallest absolute Gasteiger partial charge is 0.128 e. The monoisotopic (exact) mass is 299 g/mol. The molecule has 1 heterocycles. The summed E-state index contributed by atoms with van der Waals surface area (Å²) in [5.74, 6) is 1.78. The third-order valence-corrected chi connectivity index (χ3v) is 3.61. The first kappa shape index (κ1) is 12.7. The highest BCUT2D eigenvalue weighted by atomic mass is 79.9. The average Bonchev–Trinajstić information content (AvgIpc) is 2.83. The summed E-state index contributed by atoms with van der Waals surface area (Å²) in [7, 11) is 3.41. The van der Waals surface area contributed by atoms with E-state index in [-0.39, 0.29) is 0 Å². The van der Waals surface area contributed by atoms with Gasteiger partial charge in [0.1, 0.15) is 11.5 Å². The summed E-state index contributed by atoms with van der Waals surface area (Å²) in [6, 6.07) is 3.99. The van der Waals surface area contributed by atoms with Crippen molar-refractivity contribution in [2.75, 3.05) is 27.3 Å². The van der Waals surface area contributed by atoms with Crippen LogP contribution >= 0.6 is 15.9 Å². The Morgan fingerprint density at radius 1 is 1.12 bits per heavy atom. The molecule has 3 nitrogen and oxygen atoms in total. The molecule has 17 heavy (non-hydrogen) atoms. The summed E-state index contributed by atoms with van der Waals surface area (Å²) in [5, 5.41) is 0. The molecular formula is C13H18BrNO2. The molecule has 0 radical (unpaired) electrons. The number of ether oxygens (including phenoxy) is 2. The van der Waals surface area contributed by atoms with Crippen LogP contribution in [0.1, 0.15) is 18.4 Å². The Morgan fingerprint density at radius 2 is 1.65 bits per heavy atom. The molecule has 1 aromatic rings. The van der Waals surface area contributed by atoms with Crippen LogP contribution in [0, 0.1) is 0 Å². The van der Waals surface area contributed by atoms with Crippen LogP contribution in [0.2, 0.25) is 0 Å². The van der Waals surface area contributed by atoms with Gasteiger partial charge in [-0.25, -0.2) is 0 Å². The molecule has 1 aromatic carbocycles. The molecule has 2 rings (SSSR count). The van der Waals surface area contributed by atoms with E-state index in [4.69, 9.17) is 9.47 Å². The Balaban J connectivity index is 2.28. The van der Waals surface area contributed by atoms with Crippen molar-refractivity contribution in [2.45, 2.75) is 19.4 Å².